The third kappa shape index (κ3) is 4.01. The van der Waals surface area contributed by atoms with E-state index in [1.165, 1.54) is 25.1 Å². The number of aromatic hydroxyl groups is 1. The van der Waals surface area contributed by atoms with Gasteiger partial charge in [-0.1, -0.05) is 42.5 Å². The van der Waals surface area contributed by atoms with Crippen molar-refractivity contribution < 1.29 is 23.4 Å². The fraction of sp³-hybridized carbons (Fsp3) is 0.105. The standard InChI is InChI=1S/C19H17NO5S2/c1-12(19(22)23)26-17-11-16(14-9-5-6-10-15(14)18(17)21)20-27(24,25)13-7-3-2-4-8-13/h2-12,20-21H,1H3,(H,22,23)/p-1/t12-/m1/s1. The molecule has 0 saturated carbocycles. The van der Waals surface area contributed by atoms with Crippen LogP contribution < -0.4 is 9.83 Å². The topological polar surface area (TPSA) is 107 Å². The molecule has 2 N–H and O–H groups in total. The molecule has 0 amide bonds. The second kappa shape index (κ2) is 7.50. The second-order valence-corrected chi connectivity index (χ2v) is 8.88. The predicted molar refractivity (Wildman–Crippen MR) is 103 cm³/mol. The van der Waals surface area contributed by atoms with E-state index in [9.17, 15) is 23.4 Å². The number of aliphatic carboxylic acids is 1. The van der Waals surface area contributed by atoms with Crippen LogP contribution in [-0.4, -0.2) is 24.7 Å². The zero-order valence-electron chi connectivity index (χ0n) is 14.2. The van der Waals surface area contributed by atoms with Crippen molar-refractivity contribution in [1.29, 1.82) is 0 Å². The molecule has 0 aromatic heterocycles. The largest absolute Gasteiger partial charge is 0.549 e. The van der Waals surface area contributed by atoms with E-state index in [2.05, 4.69) is 4.72 Å². The summed E-state index contributed by atoms with van der Waals surface area (Å²) < 4.78 is 27.9. The number of phenolic OH excluding ortho intramolecular Hbond substituents is 1. The van der Waals surface area contributed by atoms with Crippen molar-refractivity contribution >= 4 is 44.2 Å². The number of carbonyl (C=O) groups is 1. The van der Waals surface area contributed by atoms with Crippen molar-refractivity contribution in [3.63, 3.8) is 0 Å². The van der Waals surface area contributed by atoms with Crippen LogP contribution in [0.15, 0.2) is 70.5 Å². The number of carboxylic acid groups (broad SMARTS) is 1. The minimum absolute atomic E-state index is 0.0967. The Labute approximate surface area is 160 Å². The fourth-order valence-corrected chi connectivity index (χ4v) is 4.53. The lowest BCUT2D eigenvalue weighted by Gasteiger charge is -2.17. The average molecular weight is 402 g/mol. The highest BCUT2D eigenvalue weighted by molar-refractivity contribution is 8.00. The van der Waals surface area contributed by atoms with Crippen LogP contribution in [0.25, 0.3) is 10.8 Å². The van der Waals surface area contributed by atoms with Crippen LogP contribution in [0, 0.1) is 0 Å². The number of thioether (sulfide) groups is 1. The first kappa shape index (κ1) is 19.1. The van der Waals surface area contributed by atoms with Gasteiger partial charge in [-0.3, -0.25) is 4.72 Å². The van der Waals surface area contributed by atoms with Crippen molar-refractivity contribution in [3.8, 4) is 5.75 Å². The van der Waals surface area contributed by atoms with Crippen LogP contribution in [0.3, 0.4) is 0 Å². The molecule has 0 aliphatic carbocycles. The van der Waals surface area contributed by atoms with Gasteiger partial charge in [0.2, 0.25) is 0 Å². The lowest BCUT2D eigenvalue weighted by atomic mass is 10.1. The minimum atomic E-state index is -3.85. The molecular weight excluding hydrogens is 386 g/mol. The molecule has 1 atom stereocenters. The lowest BCUT2D eigenvalue weighted by molar-refractivity contribution is -0.304. The predicted octanol–water partition coefficient (Wildman–Crippen LogP) is 2.58. The van der Waals surface area contributed by atoms with Crippen LogP contribution in [0.5, 0.6) is 5.75 Å². The van der Waals surface area contributed by atoms with Gasteiger partial charge in [0, 0.05) is 16.0 Å². The number of rotatable bonds is 6. The van der Waals surface area contributed by atoms with E-state index in [0.29, 0.717) is 10.8 Å². The molecule has 0 spiro atoms. The van der Waals surface area contributed by atoms with Crippen LogP contribution in [0.4, 0.5) is 5.69 Å². The normalized spacial score (nSPS) is 12.6. The number of fused-ring (bicyclic) bond motifs is 1. The van der Waals surface area contributed by atoms with E-state index < -0.39 is 21.2 Å². The highest BCUT2D eigenvalue weighted by atomic mass is 32.2. The van der Waals surface area contributed by atoms with Crippen molar-refractivity contribution in [2.24, 2.45) is 0 Å². The summed E-state index contributed by atoms with van der Waals surface area (Å²) in [6.45, 7) is 1.43. The van der Waals surface area contributed by atoms with Crippen molar-refractivity contribution in [1.82, 2.24) is 0 Å². The Morgan fingerprint density at radius 1 is 1.07 bits per heavy atom. The second-order valence-electron chi connectivity index (χ2n) is 5.81. The van der Waals surface area contributed by atoms with E-state index in [0.717, 1.165) is 11.8 Å². The molecular formula is C19H16NO5S2-. The van der Waals surface area contributed by atoms with Gasteiger partial charge in [-0.15, -0.1) is 11.8 Å². The Hall–Kier alpha value is -2.71. The molecule has 140 valence electrons. The highest BCUT2D eigenvalue weighted by Gasteiger charge is 2.19. The average Bonchev–Trinajstić information content (AvgIpc) is 2.66. The fourth-order valence-electron chi connectivity index (χ4n) is 2.55. The number of hydrogen-bond acceptors (Lipinski definition) is 6. The van der Waals surface area contributed by atoms with Crippen LogP contribution in [0.2, 0.25) is 0 Å². The van der Waals surface area contributed by atoms with Crippen molar-refractivity contribution in [2.75, 3.05) is 4.72 Å². The maximum Gasteiger partial charge on any atom is 0.261 e. The molecule has 0 saturated heterocycles. The molecule has 0 unspecified atom stereocenters. The van der Waals surface area contributed by atoms with E-state index >= 15 is 0 Å². The number of sulfonamides is 1. The van der Waals surface area contributed by atoms with Gasteiger partial charge in [-0.2, -0.15) is 0 Å². The lowest BCUT2D eigenvalue weighted by Crippen LogP contribution is -2.31. The Morgan fingerprint density at radius 2 is 1.67 bits per heavy atom. The van der Waals surface area contributed by atoms with Gasteiger partial charge in [0.05, 0.1) is 21.4 Å². The summed E-state index contributed by atoms with van der Waals surface area (Å²) in [6, 6.07) is 16.1. The molecule has 3 aromatic carbocycles. The Balaban J connectivity index is 2.12. The first-order valence-corrected chi connectivity index (χ1v) is 10.4. The monoisotopic (exact) mass is 402 g/mol. The molecule has 0 aliphatic heterocycles. The summed E-state index contributed by atoms with van der Waals surface area (Å²) in [5, 5.41) is 21.6. The smallest absolute Gasteiger partial charge is 0.261 e. The molecule has 0 heterocycles. The van der Waals surface area contributed by atoms with Crippen LogP contribution in [0.1, 0.15) is 6.92 Å². The molecule has 27 heavy (non-hydrogen) atoms. The molecule has 0 aliphatic rings. The molecule has 3 aromatic rings. The van der Waals surface area contributed by atoms with Gasteiger partial charge in [-0.25, -0.2) is 8.42 Å². The van der Waals surface area contributed by atoms with Crippen LogP contribution >= 0.6 is 11.8 Å². The van der Waals surface area contributed by atoms with Crippen molar-refractivity contribution in [3.05, 3.63) is 60.7 Å². The number of hydrogen-bond donors (Lipinski definition) is 2. The molecule has 0 bridgehead atoms. The van der Waals surface area contributed by atoms with Gasteiger partial charge >= 0.3 is 0 Å². The Kier molecular flexibility index (Phi) is 5.29. The quantitative estimate of drug-likeness (QED) is 0.485. The zero-order valence-corrected chi connectivity index (χ0v) is 15.9. The molecule has 0 fully saturated rings. The van der Waals surface area contributed by atoms with Crippen molar-refractivity contribution in [2.45, 2.75) is 22.0 Å². The SMILES string of the molecule is C[C@@H](Sc1cc(NS(=O)(=O)c2ccccc2)c2ccccc2c1O)C(=O)[O-]. The summed E-state index contributed by atoms with van der Waals surface area (Å²) in [5.41, 5.74) is 0.250. The molecule has 3 rings (SSSR count). The number of phenols is 1. The third-order valence-corrected chi connectivity index (χ3v) is 6.41. The minimum Gasteiger partial charge on any atom is -0.549 e. The first-order chi connectivity index (χ1) is 12.8. The van der Waals surface area contributed by atoms with E-state index in [1.807, 2.05) is 0 Å². The van der Waals surface area contributed by atoms with Gasteiger partial charge in [0.25, 0.3) is 10.0 Å². The number of carboxylic acids is 1. The number of carbonyl (C=O) groups excluding carboxylic acids is 1. The zero-order chi connectivity index (χ0) is 19.6. The maximum atomic E-state index is 12.7. The summed E-state index contributed by atoms with van der Waals surface area (Å²) in [6.07, 6.45) is 0. The van der Waals surface area contributed by atoms with Gasteiger partial charge < -0.3 is 15.0 Å². The molecule has 6 nitrogen and oxygen atoms in total. The van der Waals surface area contributed by atoms with Gasteiger partial charge in [-0.05, 0) is 25.1 Å². The summed E-state index contributed by atoms with van der Waals surface area (Å²) in [4.78, 5) is 11.4. The number of nitrogens with one attached hydrogen (secondary N) is 1. The molecule has 8 heteroatoms. The van der Waals surface area contributed by atoms with E-state index in [4.69, 9.17) is 0 Å². The maximum absolute atomic E-state index is 12.7. The van der Waals surface area contributed by atoms with Gasteiger partial charge in [0.1, 0.15) is 5.75 Å². The molecule has 0 radical (unpaired) electrons. The number of anilines is 1. The number of benzene rings is 3. The highest BCUT2D eigenvalue weighted by Crippen LogP contribution is 2.41. The third-order valence-electron chi connectivity index (χ3n) is 3.91. The van der Waals surface area contributed by atoms with Crippen LogP contribution in [-0.2, 0) is 14.8 Å². The van der Waals surface area contributed by atoms with E-state index in [1.54, 1.807) is 42.5 Å². The van der Waals surface area contributed by atoms with Gasteiger partial charge in [0.15, 0.2) is 0 Å². The Bertz CT molecular complexity index is 1100. The Morgan fingerprint density at radius 3 is 2.30 bits per heavy atom. The summed E-state index contributed by atoms with van der Waals surface area (Å²) >= 11 is 0.882. The van der Waals surface area contributed by atoms with E-state index in [-0.39, 0.29) is 21.2 Å². The summed E-state index contributed by atoms with van der Waals surface area (Å²) in [5.74, 6) is -1.38. The first-order valence-electron chi connectivity index (χ1n) is 7.99. The summed E-state index contributed by atoms with van der Waals surface area (Å²) in [7, 11) is -3.85.